The van der Waals surface area contributed by atoms with Crippen LogP contribution in [0.15, 0.2) is 0 Å². The summed E-state index contributed by atoms with van der Waals surface area (Å²) < 4.78 is 0. The van der Waals surface area contributed by atoms with Crippen LogP contribution in [0.1, 0.15) is 26.2 Å². The SMILES string of the molecule is CCCCCOOC(N)=O. The summed E-state index contributed by atoms with van der Waals surface area (Å²) in [6.45, 7) is 2.51. The van der Waals surface area contributed by atoms with Crippen molar-refractivity contribution >= 4 is 6.09 Å². The topological polar surface area (TPSA) is 61.6 Å². The molecule has 0 spiro atoms. The monoisotopic (exact) mass is 147 g/mol. The number of hydrogen-bond acceptors (Lipinski definition) is 3. The molecule has 10 heavy (non-hydrogen) atoms. The highest BCUT2D eigenvalue weighted by molar-refractivity contribution is 5.63. The molecule has 2 N–H and O–H groups in total. The molecule has 4 nitrogen and oxygen atoms in total. The van der Waals surface area contributed by atoms with Gasteiger partial charge in [-0.25, -0.2) is 4.79 Å². The zero-order chi connectivity index (χ0) is 7.82. The lowest BCUT2D eigenvalue weighted by Gasteiger charge is -1.98. The van der Waals surface area contributed by atoms with E-state index in [4.69, 9.17) is 0 Å². The Balaban J connectivity index is 2.84. The predicted molar refractivity (Wildman–Crippen MR) is 36.1 cm³/mol. The van der Waals surface area contributed by atoms with Crippen LogP contribution in [0, 0.1) is 0 Å². The maximum Gasteiger partial charge on any atom is 0.436 e. The largest absolute Gasteiger partial charge is 0.436 e. The first kappa shape index (κ1) is 9.23. The Labute approximate surface area is 60.2 Å². The molecule has 0 heterocycles. The Morgan fingerprint density at radius 1 is 1.50 bits per heavy atom. The van der Waals surface area contributed by atoms with Crippen LogP contribution in [0.2, 0.25) is 0 Å². The molecule has 0 atom stereocenters. The van der Waals surface area contributed by atoms with Crippen LogP contribution in [0.3, 0.4) is 0 Å². The second kappa shape index (κ2) is 6.35. The summed E-state index contributed by atoms with van der Waals surface area (Å²) in [4.78, 5) is 18.4. The van der Waals surface area contributed by atoms with Crippen molar-refractivity contribution in [2.75, 3.05) is 6.61 Å². The third-order valence-corrected chi connectivity index (χ3v) is 0.972. The average Bonchev–Trinajstić information content (AvgIpc) is 1.87. The van der Waals surface area contributed by atoms with E-state index in [2.05, 4.69) is 22.4 Å². The van der Waals surface area contributed by atoms with Crippen molar-refractivity contribution in [3.63, 3.8) is 0 Å². The smallest absolute Gasteiger partial charge is 0.333 e. The van der Waals surface area contributed by atoms with Gasteiger partial charge >= 0.3 is 6.09 Å². The van der Waals surface area contributed by atoms with Gasteiger partial charge in [0.05, 0.1) is 6.61 Å². The minimum atomic E-state index is -0.892. The summed E-state index contributed by atoms with van der Waals surface area (Å²) in [5, 5.41) is 0. The molecule has 0 aromatic carbocycles. The summed E-state index contributed by atoms with van der Waals surface area (Å²) in [6, 6.07) is 0. The van der Waals surface area contributed by atoms with E-state index in [-0.39, 0.29) is 0 Å². The molecular weight excluding hydrogens is 134 g/mol. The summed E-state index contributed by atoms with van der Waals surface area (Å²) in [5.74, 6) is 0. The van der Waals surface area contributed by atoms with E-state index in [1.165, 1.54) is 0 Å². The third kappa shape index (κ3) is 7.23. The molecule has 0 bridgehead atoms. The number of nitrogens with two attached hydrogens (primary N) is 1. The molecule has 0 aliphatic rings. The molecule has 0 aromatic rings. The molecule has 1 amide bonds. The number of hydrogen-bond donors (Lipinski definition) is 1. The highest BCUT2D eigenvalue weighted by atomic mass is 17.2. The van der Waals surface area contributed by atoms with Gasteiger partial charge in [-0.1, -0.05) is 19.8 Å². The fourth-order valence-electron chi connectivity index (χ4n) is 0.511. The van der Waals surface area contributed by atoms with E-state index in [1.807, 2.05) is 0 Å². The van der Waals surface area contributed by atoms with Crippen LogP contribution in [0.4, 0.5) is 4.79 Å². The van der Waals surface area contributed by atoms with Crippen molar-refractivity contribution in [3.8, 4) is 0 Å². The maximum atomic E-state index is 9.91. The van der Waals surface area contributed by atoms with Crippen LogP contribution in [0.25, 0.3) is 0 Å². The Hall–Kier alpha value is -0.770. The number of unbranched alkanes of at least 4 members (excludes halogenated alkanes) is 2. The maximum absolute atomic E-state index is 9.91. The van der Waals surface area contributed by atoms with Crippen LogP contribution in [0.5, 0.6) is 0 Å². The summed E-state index contributed by atoms with van der Waals surface area (Å²) in [7, 11) is 0. The number of amides is 1. The fraction of sp³-hybridized carbons (Fsp3) is 0.833. The zero-order valence-electron chi connectivity index (χ0n) is 6.13. The molecule has 0 aliphatic heterocycles. The first-order chi connectivity index (χ1) is 4.77. The Kier molecular flexibility index (Phi) is 5.86. The molecule has 0 fully saturated rings. The minimum Gasteiger partial charge on any atom is -0.333 e. The molecule has 0 saturated heterocycles. The number of primary amides is 1. The predicted octanol–water partition coefficient (Wildman–Crippen LogP) is 1.20. The molecule has 0 unspecified atom stereocenters. The van der Waals surface area contributed by atoms with E-state index >= 15 is 0 Å². The van der Waals surface area contributed by atoms with Crippen molar-refractivity contribution in [1.29, 1.82) is 0 Å². The lowest BCUT2D eigenvalue weighted by Crippen LogP contribution is -2.13. The van der Waals surface area contributed by atoms with Crippen molar-refractivity contribution in [2.24, 2.45) is 5.73 Å². The van der Waals surface area contributed by atoms with E-state index in [9.17, 15) is 4.79 Å². The van der Waals surface area contributed by atoms with E-state index in [1.54, 1.807) is 0 Å². The highest BCUT2D eigenvalue weighted by Crippen LogP contribution is 1.93. The summed E-state index contributed by atoms with van der Waals surface area (Å²) in [6.07, 6.45) is 2.18. The van der Waals surface area contributed by atoms with Crippen LogP contribution >= 0.6 is 0 Å². The minimum absolute atomic E-state index is 0.427. The van der Waals surface area contributed by atoms with Crippen molar-refractivity contribution in [3.05, 3.63) is 0 Å². The summed E-state index contributed by atoms with van der Waals surface area (Å²) >= 11 is 0. The molecule has 0 rings (SSSR count). The van der Waals surface area contributed by atoms with Gasteiger partial charge in [-0.15, -0.1) is 0 Å². The van der Waals surface area contributed by atoms with Crippen LogP contribution in [-0.2, 0) is 9.78 Å². The molecule has 60 valence electrons. The first-order valence-electron chi connectivity index (χ1n) is 3.36. The first-order valence-corrected chi connectivity index (χ1v) is 3.36. The molecule has 0 radical (unpaired) electrons. The van der Waals surface area contributed by atoms with E-state index in [0.29, 0.717) is 6.61 Å². The molecule has 0 saturated carbocycles. The Morgan fingerprint density at radius 3 is 2.70 bits per heavy atom. The number of carbonyl (C=O) groups is 1. The van der Waals surface area contributed by atoms with Gasteiger partial charge < -0.3 is 5.73 Å². The summed E-state index contributed by atoms with van der Waals surface area (Å²) in [5.41, 5.74) is 4.62. The van der Waals surface area contributed by atoms with Gasteiger partial charge in [0.15, 0.2) is 0 Å². The second-order valence-electron chi connectivity index (χ2n) is 1.93. The Morgan fingerprint density at radius 2 is 2.20 bits per heavy atom. The van der Waals surface area contributed by atoms with Gasteiger partial charge in [0.1, 0.15) is 0 Å². The van der Waals surface area contributed by atoms with Crippen molar-refractivity contribution < 1.29 is 14.6 Å². The van der Waals surface area contributed by atoms with Gasteiger partial charge in [-0.05, 0) is 6.42 Å². The number of carbonyl (C=O) groups excluding carboxylic acids is 1. The number of rotatable bonds is 5. The van der Waals surface area contributed by atoms with Crippen LogP contribution < -0.4 is 5.73 Å². The van der Waals surface area contributed by atoms with Crippen LogP contribution in [-0.4, -0.2) is 12.7 Å². The molecule has 0 aromatic heterocycles. The van der Waals surface area contributed by atoms with Gasteiger partial charge in [0.2, 0.25) is 0 Å². The van der Waals surface area contributed by atoms with Gasteiger partial charge in [-0.3, -0.25) is 4.89 Å². The molecule has 4 heteroatoms. The lowest BCUT2D eigenvalue weighted by molar-refractivity contribution is -0.236. The van der Waals surface area contributed by atoms with Crippen molar-refractivity contribution in [2.45, 2.75) is 26.2 Å². The zero-order valence-corrected chi connectivity index (χ0v) is 6.13. The molecular formula is C6H13NO3. The lowest BCUT2D eigenvalue weighted by atomic mass is 10.3. The standard InChI is InChI=1S/C6H13NO3/c1-2-3-4-5-9-10-6(7)8/h2-5H2,1H3,(H2,7,8). The normalized spacial score (nSPS) is 9.30. The van der Waals surface area contributed by atoms with E-state index in [0.717, 1.165) is 19.3 Å². The Bertz CT molecular complexity index is 95.0. The highest BCUT2D eigenvalue weighted by Gasteiger charge is 1.92. The van der Waals surface area contributed by atoms with Gasteiger partial charge in [0.25, 0.3) is 0 Å². The third-order valence-electron chi connectivity index (χ3n) is 0.972. The fourth-order valence-corrected chi connectivity index (χ4v) is 0.511. The second-order valence-corrected chi connectivity index (χ2v) is 1.93. The van der Waals surface area contributed by atoms with E-state index < -0.39 is 6.09 Å². The van der Waals surface area contributed by atoms with Gasteiger partial charge in [-0.2, -0.15) is 4.89 Å². The quantitative estimate of drug-likeness (QED) is 0.361. The average molecular weight is 147 g/mol. The van der Waals surface area contributed by atoms with Crippen molar-refractivity contribution in [1.82, 2.24) is 0 Å². The van der Waals surface area contributed by atoms with Gasteiger partial charge in [0, 0.05) is 0 Å². The molecule has 0 aliphatic carbocycles.